The van der Waals surface area contributed by atoms with Gasteiger partial charge in [0.05, 0.1) is 5.69 Å². The molecule has 0 radical (unpaired) electrons. The molecule has 0 unspecified atom stereocenters. The minimum Gasteiger partial charge on any atom is -0.267 e. The number of aryl methyl sites for hydroxylation is 1. The van der Waals surface area contributed by atoms with Gasteiger partial charge in [0.2, 0.25) is 4.96 Å². The van der Waals surface area contributed by atoms with Crippen LogP contribution in [0.3, 0.4) is 0 Å². The largest absolute Gasteiger partial charge is 0.275 e. The van der Waals surface area contributed by atoms with Crippen LogP contribution in [0.4, 0.5) is 0 Å². The average Bonchev–Trinajstić information content (AvgIpc) is 2.93. The molecular weight excluding hydrogens is 382 g/mol. The third-order valence-electron chi connectivity index (χ3n) is 3.07. The van der Waals surface area contributed by atoms with Crippen molar-refractivity contribution in [2.75, 3.05) is 0 Å². The molecule has 0 amide bonds. The Morgan fingerprint density at radius 1 is 1.27 bits per heavy atom. The number of benzene rings is 1. The van der Waals surface area contributed by atoms with E-state index in [0.29, 0.717) is 4.96 Å². The predicted octanol–water partition coefficient (Wildman–Crippen LogP) is 3.91. The van der Waals surface area contributed by atoms with Crippen LogP contribution in [0.25, 0.3) is 4.96 Å². The summed E-state index contributed by atoms with van der Waals surface area (Å²) in [5.74, 6) is 1.62. The highest BCUT2D eigenvalue weighted by molar-refractivity contribution is 9.10. The van der Waals surface area contributed by atoms with E-state index in [1.807, 2.05) is 19.1 Å². The molecule has 0 bridgehead atoms. The molecule has 1 aromatic carbocycles. The molecule has 4 nitrogen and oxygen atoms in total. The summed E-state index contributed by atoms with van der Waals surface area (Å²) in [6, 6.07) is 9.85. The van der Waals surface area contributed by atoms with Gasteiger partial charge in [0.1, 0.15) is 5.01 Å². The maximum absolute atomic E-state index is 12.1. The fourth-order valence-corrected chi connectivity index (χ4v) is 3.98. The molecule has 0 aliphatic heterocycles. The molecule has 0 atom stereocenters. The maximum Gasteiger partial charge on any atom is 0.275 e. The minimum absolute atomic E-state index is 0.0970. The number of aromatic nitrogens is 3. The molecule has 7 heteroatoms. The van der Waals surface area contributed by atoms with E-state index in [0.717, 1.165) is 33.1 Å². The fourth-order valence-electron chi connectivity index (χ4n) is 1.97. The second kappa shape index (κ2) is 6.93. The summed E-state index contributed by atoms with van der Waals surface area (Å²) < 4.78 is 2.48. The number of thioether (sulfide) groups is 1. The first-order chi connectivity index (χ1) is 10.7. The molecule has 0 aliphatic carbocycles. The number of nitrogens with zero attached hydrogens (tertiary/aromatic N) is 3. The highest BCUT2D eigenvalue weighted by Gasteiger charge is 2.08. The zero-order valence-corrected chi connectivity index (χ0v) is 15.2. The van der Waals surface area contributed by atoms with E-state index in [-0.39, 0.29) is 5.56 Å². The first-order valence-corrected chi connectivity index (χ1v) is 9.63. The Bertz CT molecular complexity index is 842. The van der Waals surface area contributed by atoms with Gasteiger partial charge in [-0.05, 0) is 24.1 Å². The Balaban J connectivity index is 1.71. The average molecular weight is 396 g/mol. The second-order valence-electron chi connectivity index (χ2n) is 4.75. The molecule has 2 aromatic heterocycles. The van der Waals surface area contributed by atoms with Gasteiger partial charge >= 0.3 is 0 Å². The quantitative estimate of drug-likeness (QED) is 0.656. The van der Waals surface area contributed by atoms with Crippen molar-refractivity contribution in [3.63, 3.8) is 0 Å². The lowest BCUT2D eigenvalue weighted by Gasteiger charge is -2.02. The zero-order valence-electron chi connectivity index (χ0n) is 12.0. The van der Waals surface area contributed by atoms with Crippen LogP contribution in [-0.2, 0) is 17.9 Å². The molecule has 0 spiro atoms. The first-order valence-electron chi connectivity index (χ1n) is 6.86. The number of halogens is 1. The third kappa shape index (κ3) is 3.59. The van der Waals surface area contributed by atoms with Gasteiger partial charge in [-0.2, -0.15) is 21.4 Å². The molecule has 0 saturated heterocycles. The van der Waals surface area contributed by atoms with Crippen molar-refractivity contribution in [1.29, 1.82) is 0 Å². The summed E-state index contributed by atoms with van der Waals surface area (Å²) in [5, 5.41) is 5.19. The van der Waals surface area contributed by atoms with E-state index in [9.17, 15) is 4.79 Å². The Labute approximate surface area is 144 Å². The van der Waals surface area contributed by atoms with Crippen LogP contribution in [0.5, 0.6) is 0 Å². The highest BCUT2D eigenvalue weighted by atomic mass is 79.9. The summed E-state index contributed by atoms with van der Waals surface area (Å²) >= 11 is 6.67. The highest BCUT2D eigenvalue weighted by Crippen LogP contribution is 2.19. The monoisotopic (exact) mass is 395 g/mol. The van der Waals surface area contributed by atoms with Gasteiger partial charge in [-0.25, -0.2) is 4.98 Å². The summed E-state index contributed by atoms with van der Waals surface area (Å²) in [6.07, 6.45) is 0.821. The van der Waals surface area contributed by atoms with Crippen LogP contribution in [0, 0.1) is 0 Å². The number of fused-ring (bicyclic) bond motifs is 1. The molecular formula is C15H14BrN3OS2. The lowest BCUT2D eigenvalue weighted by molar-refractivity contribution is 0.852. The predicted molar refractivity (Wildman–Crippen MR) is 95.7 cm³/mol. The van der Waals surface area contributed by atoms with Crippen LogP contribution >= 0.6 is 39.0 Å². The van der Waals surface area contributed by atoms with Gasteiger partial charge < -0.3 is 0 Å². The van der Waals surface area contributed by atoms with Crippen molar-refractivity contribution in [2.45, 2.75) is 24.9 Å². The summed E-state index contributed by atoms with van der Waals surface area (Å²) in [7, 11) is 0. The Hall–Kier alpha value is -1.18. The van der Waals surface area contributed by atoms with Crippen LogP contribution < -0.4 is 5.56 Å². The van der Waals surface area contributed by atoms with E-state index in [1.54, 1.807) is 17.8 Å². The van der Waals surface area contributed by atoms with Gasteiger partial charge in [0, 0.05) is 22.0 Å². The van der Waals surface area contributed by atoms with Crippen molar-refractivity contribution >= 4 is 44.0 Å². The van der Waals surface area contributed by atoms with Gasteiger partial charge in [-0.15, -0.1) is 0 Å². The van der Waals surface area contributed by atoms with E-state index in [2.05, 4.69) is 38.1 Å². The van der Waals surface area contributed by atoms with Crippen molar-refractivity contribution in [2.24, 2.45) is 0 Å². The SMILES string of the molecule is CCc1nn2c(=O)cc(CSCc3ccc(Br)cc3)nc2s1. The normalized spacial score (nSPS) is 11.2. The number of hydrogen-bond acceptors (Lipinski definition) is 5. The van der Waals surface area contributed by atoms with E-state index in [4.69, 9.17) is 0 Å². The molecule has 2 heterocycles. The molecule has 0 N–H and O–H groups in total. The van der Waals surface area contributed by atoms with Crippen LogP contribution in [0.1, 0.15) is 23.2 Å². The zero-order chi connectivity index (χ0) is 15.5. The standard InChI is InChI=1S/C15H14BrN3OS2/c1-2-13-18-19-14(20)7-12(17-15(19)22-13)9-21-8-10-3-5-11(16)6-4-10/h3-7H,2,8-9H2,1H3. The molecule has 0 saturated carbocycles. The lowest BCUT2D eigenvalue weighted by atomic mass is 10.2. The molecule has 0 aliphatic rings. The van der Waals surface area contributed by atoms with Crippen molar-refractivity contribution < 1.29 is 0 Å². The van der Waals surface area contributed by atoms with Gasteiger partial charge in [-0.1, -0.05) is 46.3 Å². The molecule has 3 aromatic rings. The minimum atomic E-state index is -0.0970. The molecule has 0 fully saturated rings. The van der Waals surface area contributed by atoms with Gasteiger partial charge in [-0.3, -0.25) is 4.79 Å². The topological polar surface area (TPSA) is 47.3 Å². The van der Waals surface area contributed by atoms with Crippen LogP contribution in [-0.4, -0.2) is 14.6 Å². The van der Waals surface area contributed by atoms with Crippen LogP contribution in [0.2, 0.25) is 0 Å². The summed E-state index contributed by atoms with van der Waals surface area (Å²) in [5.41, 5.74) is 1.98. The van der Waals surface area contributed by atoms with Gasteiger partial charge in [0.25, 0.3) is 5.56 Å². The van der Waals surface area contributed by atoms with E-state index in [1.165, 1.54) is 21.4 Å². The van der Waals surface area contributed by atoms with Crippen molar-refractivity contribution in [1.82, 2.24) is 14.6 Å². The van der Waals surface area contributed by atoms with Crippen molar-refractivity contribution in [3.05, 3.63) is 61.4 Å². The van der Waals surface area contributed by atoms with E-state index >= 15 is 0 Å². The second-order valence-corrected chi connectivity index (χ2v) is 7.69. The number of hydrogen-bond donors (Lipinski definition) is 0. The summed E-state index contributed by atoms with van der Waals surface area (Å²) in [6.45, 7) is 2.03. The fraction of sp³-hybridized carbons (Fsp3) is 0.267. The van der Waals surface area contributed by atoms with Gasteiger partial charge in [0.15, 0.2) is 0 Å². The summed E-state index contributed by atoms with van der Waals surface area (Å²) in [4.78, 5) is 17.3. The third-order valence-corrected chi connectivity index (χ3v) is 5.69. The first kappa shape index (κ1) is 15.7. The lowest BCUT2D eigenvalue weighted by Crippen LogP contribution is -2.15. The number of rotatable bonds is 5. The Morgan fingerprint density at radius 2 is 2.05 bits per heavy atom. The Kier molecular flexibility index (Phi) is 4.95. The Morgan fingerprint density at radius 3 is 2.77 bits per heavy atom. The molecule has 3 rings (SSSR count). The van der Waals surface area contributed by atoms with E-state index < -0.39 is 0 Å². The van der Waals surface area contributed by atoms with Crippen molar-refractivity contribution in [3.8, 4) is 0 Å². The molecule has 22 heavy (non-hydrogen) atoms. The molecule has 114 valence electrons. The van der Waals surface area contributed by atoms with Crippen LogP contribution in [0.15, 0.2) is 39.6 Å². The smallest absolute Gasteiger partial charge is 0.267 e. The maximum atomic E-state index is 12.1.